The summed E-state index contributed by atoms with van der Waals surface area (Å²) < 4.78 is 2.00. The summed E-state index contributed by atoms with van der Waals surface area (Å²) >= 11 is 0. The van der Waals surface area contributed by atoms with Crippen molar-refractivity contribution < 1.29 is 9.59 Å². The second kappa shape index (κ2) is 6.28. The summed E-state index contributed by atoms with van der Waals surface area (Å²) in [5, 5.41) is 2.87. The molecule has 0 spiro atoms. The van der Waals surface area contributed by atoms with E-state index < -0.39 is 5.54 Å². The van der Waals surface area contributed by atoms with E-state index in [-0.39, 0.29) is 17.9 Å². The summed E-state index contributed by atoms with van der Waals surface area (Å²) in [6, 6.07) is -0.0614. The molecular weight excluding hydrogens is 268 g/mol. The minimum Gasteiger partial charge on any atom is -0.342 e. The van der Waals surface area contributed by atoms with E-state index in [1.165, 1.54) is 0 Å². The van der Waals surface area contributed by atoms with E-state index in [9.17, 15) is 9.59 Å². The van der Waals surface area contributed by atoms with Crippen LogP contribution in [0, 0.1) is 0 Å². The summed E-state index contributed by atoms with van der Waals surface area (Å²) in [6.07, 6.45) is 7.25. The normalized spacial score (nSPS) is 26.6. The van der Waals surface area contributed by atoms with Gasteiger partial charge in [-0.15, -0.1) is 0 Å². The number of hydrogen-bond donors (Lipinski definition) is 1. The zero-order valence-corrected chi connectivity index (χ0v) is 13.0. The van der Waals surface area contributed by atoms with E-state index in [4.69, 9.17) is 0 Å². The van der Waals surface area contributed by atoms with Crippen molar-refractivity contribution in [3.8, 4) is 0 Å². The Morgan fingerprint density at radius 1 is 1.43 bits per heavy atom. The van der Waals surface area contributed by atoms with Crippen LogP contribution in [0.1, 0.15) is 40.0 Å². The van der Waals surface area contributed by atoms with Crippen LogP contribution < -0.4 is 5.32 Å². The van der Waals surface area contributed by atoms with Gasteiger partial charge in [0.15, 0.2) is 0 Å². The highest BCUT2D eigenvalue weighted by atomic mass is 16.2. The van der Waals surface area contributed by atoms with Crippen LogP contribution in [0.2, 0.25) is 0 Å². The number of carbonyl (C=O) groups is 2. The lowest BCUT2D eigenvalue weighted by Crippen LogP contribution is -2.55. The fourth-order valence-corrected chi connectivity index (χ4v) is 2.71. The van der Waals surface area contributed by atoms with Gasteiger partial charge in [-0.05, 0) is 26.7 Å². The van der Waals surface area contributed by atoms with Crippen molar-refractivity contribution in [2.75, 3.05) is 6.54 Å². The minimum absolute atomic E-state index is 0.0222. The van der Waals surface area contributed by atoms with Crippen molar-refractivity contribution in [1.29, 1.82) is 0 Å². The minimum atomic E-state index is -0.781. The Morgan fingerprint density at radius 2 is 2.19 bits per heavy atom. The maximum absolute atomic E-state index is 12.7. The lowest BCUT2D eigenvalue weighted by atomic mass is 9.97. The van der Waals surface area contributed by atoms with Gasteiger partial charge >= 0.3 is 0 Å². The van der Waals surface area contributed by atoms with Gasteiger partial charge in [0.2, 0.25) is 11.8 Å². The van der Waals surface area contributed by atoms with Crippen LogP contribution in [-0.2, 0) is 16.1 Å². The van der Waals surface area contributed by atoms with E-state index in [0.29, 0.717) is 19.4 Å². The van der Waals surface area contributed by atoms with Crippen LogP contribution in [0.25, 0.3) is 0 Å². The molecule has 0 bridgehead atoms. The highest BCUT2D eigenvalue weighted by molar-refractivity contribution is 5.93. The van der Waals surface area contributed by atoms with Crippen LogP contribution >= 0.6 is 0 Å². The summed E-state index contributed by atoms with van der Waals surface area (Å²) in [5.74, 6) is -0.0220. The Labute approximate surface area is 125 Å². The molecule has 0 aliphatic carbocycles. The average Bonchev–Trinajstić information content (AvgIpc) is 2.92. The topological polar surface area (TPSA) is 67.2 Å². The molecular formula is C15H24N4O2. The smallest absolute Gasteiger partial charge is 0.248 e. The van der Waals surface area contributed by atoms with Crippen molar-refractivity contribution >= 4 is 11.8 Å². The predicted molar refractivity (Wildman–Crippen MR) is 79.5 cm³/mol. The van der Waals surface area contributed by atoms with Crippen molar-refractivity contribution in [1.82, 2.24) is 19.8 Å². The third kappa shape index (κ3) is 3.43. The molecule has 6 nitrogen and oxygen atoms in total. The van der Waals surface area contributed by atoms with E-state index in [2.05, 4.69) is 10.3 Å². The molecule has 1 aromatic rings. The number of hydrogen-bond acceptors (Lipinski definition) is 3. The van der Waals surface area contributed by atoms with Crippen molar-refractivity contribution in [2.45, 2.75) is 58.2 Å². The van der Waals surface area contributed by atoms with Crippen molar-refractivity contribution in [3.63, 3.8) is 0 Å². The van der Waals surface area contributed by atoms with Gasteiger partial charge in [-0.2, -0.15) is 0 Å². The third-order valence-corrected chi connectivity index (χ3v) is 4.24. The van der Waals surface area contributed by atoms with E-state index >= 15 is 0 Å². The second-order valence-electron chi connectivity index (χ2n) is 5.94. The Kier molecular flexibility index (Phi) is 4.65. The standard InChI is InChI=1S/C15H24N4O2/c1-4-15(3)14(21)19(12(2)10-13(20)17-15)8-5-7-18-9-6-16-11-18/h6,9,11-12H,4-5,7-8,10H2,1-3H3,(H,17,20). The first-order chi connectivity index (χ1) is 9.96. The SMILES string of the molecule is CCC1(C)NC(=O)CC(C)N(CCCn2ccnc2)C1=O. The van der Waals surface area contributed by atoms with Crippen LogP contribution in [0.5, 0.6) is 0 Å². The summed E-state index contributed by atoms with van der Waals surface area (Å²) in [7, 11) is 0. The fraction of sp³-hybridized carbons (Fsp3) is 0.667. The van der Waals surface area contributed by atoms with Crippen LogP contribution in [0.4, 0.5) is 0 Å². The van der Waals surface area contributed by atoms with Crippen LogP contribution in [0.15, 0.2) is 18.7 Å². The first-order valence-electron chi connectivity index (χ1n) is 7.54. The number of aryl methyl sites for hydroxylation is 1. The maximum Gasteiger partial charge on any atom is 0.248 e. The van der Waals surface area contributed by atoms with Gasteiger partial charge in [-0.1, -0.05) is 6.92 Å². The first-order valence-corrected chi connectivity index (χ1v) is 7.54. The van der Waals surface area contributed by atoms with Crippen molar-refractivity contribution in [3.05, 3.63) is 18.7 Å². The maximum atomic E-state index is 12.7. The van der Waals surface area contributed by atoms with Gasteiger partial charge in [0, 0.05) is 37.9 Å². The molecule has 2 unspecified atom stereocenters. The molecule has 0 saturated carbocycles. The molecule has 1 aliphatic rings. The Morgan fingerprint density at radius 3 is 2.81 bits per heavy atom. The number of amides is 2. The molecule has 1 aromatic heterocycles. The molecule has 2 heterocycles. The molecule has 1 aliphatic heterocycles. The number of nitrogens with one attached hydrogen (secondary N) is 1. The molecule has 2 amide bonds. The van der Waals surface area contributed by atoms with E-state index in [1.807, 2.05) is 36.4 Å². The molecule has 0 radical (unpaired) electrons. The zero-order valence-electron chi connectivity index (χ0n) is 13.0. The first kappa shape index (κ1) is 15.5. The van der Waals surface area contributed by atoms with Crippen LogP contribution in [-0.4, -0.2) is 44.4 Å². The average molecular weight is 292 g/mol. The Bertz CT molecular complexity index is 500. The fourth-order valence-electron chi connectivity index (χ4n) is 2.71. The second-order valence-corrected chi connectivity index (χ2v) is 5.94. The molecule has 116 valence electrons. The predicted octanol–water partition coefficient (Wildman–Crippen LogP) is 1.18. The third-order valence-electron chi connectivity index (χ3n) is 4.24. The zero-order chi connectivity index (χ0) is 15.5. The summed E-state index contributed by atoms with van der Waals surface area (Å²) in [5.41, 5.74) is -0.781. The lowest BCUT2D eigenvalue weighted by molar-refractivity contribution is -0.139. The molecule has 1 saturated heterocycles. The molecule has 6 heteroatoms. The molecule has 1 fully saturated rings. The highest BCUT2D eigenvalue weighted by Crippen LogP contribution is 2.21. The van der Waals surface area contributed by atoms with Gasteiger partial charge in [-0.3, -0.25) is 9.59 Å². The van der Waals surface area contributed by atoms with Gasteiger partial charge < -0.3 is 14.8 Å². The summed E-state index contributed by atoms with van der Waals surface area (Å²) in [6.45, 7) is 7.16. The van der Waals surface area contributed by atoms with E-state index in [1.54, 1.807) is 12.5 Å². The Balaban J connectivity index is 2.04. The molecule has 21 heavy (non-hydrogen) atoms. The molecule has 1 N–H and O–H groups in total. The quantitative estimate of drug-likeness (QED) is 0.886. The van der Waals surface area contributed by atoms with Gasteiger partial charge in [0.1, 0.15) is 5.54 Å². The van der Waals surface area contributed by atoms with Crippen molar-refractivity contribution in [2.24, 2.45) is 0 Å². The molecule has 2 atom stereocenters. The number of imidazole rings is 1. The van der Waals surface area contributed by atoms with E-state index in [0.717, 1.165) is 13.0 Å². The molecule has 0 aromatic carbocycles. The van der Waals surface area contributed by atoms with Crippen LogP contribution in [0.3, 0.4) is 0 Å². The largest absolute Gasteiger partial charge is 0.342 e. The number of nitrogens with zero attached hydrogens (tertiary/aromatic N) is 3. The number of rotatable bonds is 5. The van der Waals surface area contributed by atoms with Gasteiger partial charge in [-0.25, -0.2) is 4.98 Å². The highest BCUT2D eigenvalue weighted by Gasteiger charge is 2.41. The summed E-state index contributed by atoms with van der Waals surface area (Å²) in [4.78, 5) is 30.5. The van der Waals surface area contributed by atoms with Gasteiger partial charge in [0.05, 0.1) is 6.33 Å². The van der Waals surface area contributed by atoms with Gasteiger partial charge in [0.25, 0.3) is 0 Å². The number of carbonyl (C=O) groups excluding carboxylic acids is 2. The monoisotopic (exact) mass is 292 g/mol. The Hall–Kier alpha value is -1.85. The number of aromatic nitrogens is 2. The molecule has 2 rings (SSSR count). The lowest BCUT2D eigenvalue weighted by Gasteiger charge is -2.33.